The lowest BCUT2D eigenvalue weighted by atomic mass is 10.0. The molecule has 0 bridgehead atoms. The molecule has 0 aromatic heterocycles. The molecule has 0 saturated carbocycles. The van der Waals surface area contributed by atoms with E-state index in [9.17, 15) is 4.79 Å². The number of ketones is 1. The van der Waals surface area contributed by atoms with Crippen LogP contribution < -0.4 is 4.74 Å². The Morgan fingerprint density at radius 3 is 2.73 bits per heavy atom. The predicted molar refractivity (Wildman–Crippen MR) is 91.2 cm³/mol. The van der Waals surface area contributed by atoms with Crippen molar-refractivity contribution in [3.63, 3.8) is 0 Å². The van der Waals surface area contributed by atoms with Crippen LogP contribution in [-0.2, 0) is 0 Å². The predicted octanol–water partition coefficient (Wildman–Crippen LogP) is 4.80. The van der Waals surface area contributed by atoms with Crippen molar-refractivity contribution in [2.45, 2.75) is 11.3 Å². The fourth-order valence-electron chi connectivity index (χ4n) is 2.24. The van der Waals surface area contributed by atoms with Gasteiger partial charge in [-0.3, -0.25) is 9.79 Å². The van der Waals surface area contributed by atoms with Crippen LogP contribution in [0, 0.1) is 0 Å². The van der Waals surface area contributed by atoms with Crippen molar-refractivity contribution < 1.29 is 9.53 Å². The third kappa shape index (κ3) is 3.34. The first-order valence-electron chi connectivity index (χ1n) is 6.82. The highest BCUT2D eigenvalue weighted by Crippen LogP contribution is 2.30. The van der Waals surface area contributed by atoms with Gasteiger partial charge in [-0.2, -0.15) is 0 Å². The summed E-state index contributed by atoms with van der Waals surface area (Å²) in [5.74, 6) is 1.61. The van der Waals surface area contributed by atoms with E-state index in [1.54, 1.807) is 37.1 Å². The summed E-state index contributed by atoms with van der Waals surface area (Å²) in [5.41, 5.74) is 2.22. The van der Waals surface area contributed by atoms with Gasteiger partial charge in [0.2, 0.25) is 0 Å². The van der Waals surface area contributed by atoms with E-state index in [0.717, 1.165) is 16.4 Å². The SMILES string of the molecule is COc1ccc(SCC2=Nc3ccc(Cl)cc3C(=O)C2)cc1. The van der Waals surface area contributed by atoms with Crippen LogP contribution >= 0.6 is 23.4 Å². The Bertz CT molecular complexity index is 741. The van der Waals surface area contributed by atoms with Gasteiger partial charge in [-0.25, -0.2) is 0 Å². The Morgan fingerprint density at radius 1 is 1.23 bits per heavy atom. The van der Waals surface area contributed by atoms with E-state index in [4.69, 9.17) is 16.3 Å². The summed E-state index contributed by atoms with van der Waals surface area (Å²) in [5, 5.41) is 0.568. The monoisotopic (exact) mass is 331 g/mol. The highest BCUT2D eigenvalue weighted by atomic mass is 35.5. The van der Waals surface area contributed by atoms with Crippen LogP contribution in [0.5, 0.6) is 5.75 Å². The lowest BCUT2D eigenvalue weighted by Gasteiger charge is -2.14. The molecule has 3 nitrogen and oxygen atoms in total. The number of methoxy groups -OCH3 is 1. The van der Waals surface area contributed by atoms with Crippen LogP contribution in [-0.4, -0.2) is 24.4 Å². The van der Waals surface area contributed by atoms with Crippen LogP contribution in [0.25, 0.3) is 0 Å². The number of ether oxygens (including phenoxy) is 1. The summed E-state index contributed by atoms with van der Waals surface area (Å²) in [7, 11) is 1.65. The summed E-state index contributed by atoms with van der Waals surface area (Å²) in [6.07, 6.45) is 0.358. The molecular formula is C17H14ClNO2S. The fraction of sp³-hybridized carbons (Fsp3) is 0.176. The molecule has 2 aromatic rings. The van der Waals surface area contributed by atoms with Crippen molar-refractivity contribution in [1.82, 2.24) is 0 Å². The molecule has 22 heavy (non-hydrogen) atoms. The van der Waals surface area contributed by atoms with E-state index in [-0.39, 0.29) is 5.78 Å². The molecule has 1 aliphatic heterocycles. The Morgan fingerprint density at radius 2 is 2.00 bits per heavy atom. The van der Waals surface area contributed by atoms with E-state index in [0.29, 0.717) is 28.4 Å². The van der Waals surface area contributed by atoms with Crippen LogP contribution in [0.2, 0.25) is 5.02 Å². The maximum atomic E-state index is 12.2. The molecule has 3 rings (SSSR count). The van der Waals surface area contributed by atoms with Crippen LogP contribution in [0.3, 0.4) is 0 Å². The summed E-state index contributed by atoms with van der Waals surface area (Å²) in [6.45, 7) is 0. The molecule has 0 atom stereocenters. The standard InChI is InChI=1S/C17H14ClNO2S/c1-21-13-3-5-14(6-4-13)22-10-12-9-17(20)15-8-11(18)2-7-16(15)19-12/h2-8H,9-10H2,1H3. The number of aliphatic imine (C=N–C) groups is 1. The van der Waals surface area contributed by atoms with E-state index in [1.165, 1.54) is 0 Å². The number of rotatable bonds is 4. The van der Waals surface area contributed by atoms with Crippen LogP contribution in [0.1, 0.15) is 16.8 Å². The zero-order valence-corrected chi connectivity index (χ0v) is 13.6. The normalized spacial score (nSPS) is 13.5. The maximum Gasteiger partial charge on any atom is 0.170 e. The summed E-state index contributed by atoms with van der Waals surface area (Å²) in [6, 6.07) is 13.1. The average molecular weight is 332 g/mol. The molecular weight excluding hydrogens is 318 g/mol. The first kappa shape index (κ1) is 15.1. The molecule has 1 aliphatic rings. The van der Waals surface area contributed by atoms with Crippen molar-refractivity contribution in [3.8, 4) is 5.75 Å². The zero-order valence-electron chi connectivity index (χ0n) is 12.0. The lowest BCUT2D eigenvalue weighted by Crippen LogP contribution is -2.15. The molecule has 2 aromatic carbocycles. The molecule has 5 heteroatoms. The molecule has 0 fully saturated rings. The van der Waals surface area contributed by atoms with Crippen molar-refractivity contribution in [1.29, 1.82) is 0 Å². The largest absolute Gasteiger partial charge is 0.497 e. The minimum Gasteiger partial charge on any atom is -0.497 e. The second-order valence-electron chi connectivity index (χ2n) is 4.90. The average Bonchev–Trinajstić information content (AvgIpc) is 2.54. The van der Waals surface area contributed by atoms with Gasteiger partial charge >= 0.3 is 0 Å². The molecule has 0 unspecified atom stereocenters. The van der Waals surface area contributed by atoms with Crippen LogP contribution in [0.15, 0.2) is 52.4 Å². The first-order valence-corrected chi connectivity index (χ1v) is 8.18. The van der Waals surface area contributed by atoms with E-state index in [1.807, 2.05) is 24.3 Å². The number of hydrogen-bond acceptors (Lipinski definition) is 4. The fourth-order valence-corrected chi connectivity index (χ4v) is 3.24. The van der Waals surface area contributed by atoms with Gasteiger partial charge in [-0.1, -0.05) is 11.6 Å². The molecule has 0 N–H and O–H groups in total. The Hall–Kier alpha value is -1.78. The van der Waals surface area contributed by atoms with Gasteiger partial charge < -0.3 is 4.74 Å². The van der Waals surface area contributed by atoms with E-state index in [2.05, 4.69) is 4.99 Å². The number of nitrogens with zero attached hydrogens (tertiary/aromatic N) is 1. The Balaban J connectivity index is 1.73. The van der Waals surface area contributed by atoms with Gasteiger partial charge in [-0.05, 0) is 42.5 Å². The third-order valence-corrected chi connectivity index (χ3v) is 4.69. The number of hydrogen-bond donors (Lipinski definition) is 0. The molecule has 112 valence electrons. The number of benzene rings is 2. The van der Waals surface area contributed by atoms with Gasteiger partial charge in [0.15, 0.2) is 5.78 Å². The second-order valence-corrected chi connectivity index (χ2v) is 6.39. The van der Waals surface area contributed by atoms with Gasteiger partial charge in [0, 0.05) is 26.9 Å². The molecule has 0 saturated heterocycles. The maximum absolute atomic E-state index is 12.2. The topological polar surface area (TPSA) is 38.7 Å². The van der Waals surface area contributed by atoms with Gasteiger partial charge in [0.1, 0.15) is 5.75 Å². The van der Waals surface area contributed by atoms with Crippen molar-refractivity contribution in [2.75, 3.05) is 12.9 Å². The molecule has 0 spiro atoms. The minimum atomic E-state index is 0.0813. The van der Waals surface area contributed by atoms with Crippen LogP contribution in [0.4, 0.5) is 5.69 Å². The van der Waals surface area contributed by atoms with Crippen molar-refractivity contribution in [2.24, 2.45) is 4.99 Å². The summed E-state index contributed by atoms with van der Waals surface area (Å²) >= 11 is 7.59. The van der Waals surface area contributed by atoms with Gasteiger partial charge in [0.25, 0.3) is 0 Å². The minimum absolute atomic E-state index is 0.0813. The highest BCUT2D eigenvalue weighted by molar-refractivity contribution is 8.00. The zero-order chi connectivity index (χ0) is 15.5. The number of fused-ring (bicyclic) bond motifs is 1. The number of Topliss-reactive ketones (excluding diaryl/α,β-unsaturated/α-hetero) is 1. The van der Waals surface area contributed by atoms with E-state index < -0.39 is 0 Å². The Kier molecular flexibility index (Phi) is 4.50. The van der Waals surface area contributed by atoms with Gasteiger partial charge in [0.05, 0.1) is 19.2 Å². The number of halogens is 1. The summed E-state index contributed by atoms with van der Waals surface area (Å²) < 4.78 is 5.14. The summed E-state index contributed by atoms with van der Waals surface area (Å²) in [4.78, 5) is 17.9. The quantitative estimate of drug-likeness (QED) is 0.755. The lowest BCUT2D eigenvalue weighted by molar-refractivity contribution is 0.1000. The Labute approximate surface area is 138 Å². The van der Waals surface area contributed by atoms with Crippen molar-refractivity contribution >= 4 is 40.5 Å². The highest BCUT2D eigenvalue weighted by Gasteiger charge is 2.20. The van der Waals surface area contributed by atoms with E-state index >= 15 is 0 Å². The molecule has 0 amide bonds. The number of carbonyl (C=O) groups is 1. The number of thioether (sulfide) groups is 1. The van der Waals surface area contributed by atoms with Gasteiger partial charge in [-0.15, -0.1) is 11.8 Å². The second kappa shape index (κ2) is 6.55. The molecule has 0 aliphatic carbocycles. The third-order valence-electron chi connectivity index (χ3n) is 3.37. The smallest absolute Gasteiger partial charge is 0.170 e. The first-order chi connectivity index (χ1) is 10.7. The number of carbonyl (C=O) groups excluding carboxylic acids is 1. The van der Waals surface area contributed by atoms with Crippen molar-refractivity contribution in [3.05, 3.63) is 53.1 Å². The molecule has 1 heterocycles. The molecule has 0 radical (unpaired) electrons.